The third-order valence-electron chi connectivity index (χ3n) is 5.07. The van der Waals surface area contributed by atoms with Gasteiger partial charge in [0, 0.05) is 26.1 Å². The first-order chi connectivity index (χ1) is 13.6. The molecule has 2 rings (SSSR count). The lowest BCUT2D eigenvalue weighted by Crippen LogP contribution is -2.57. The minimum Gasteiger partial charge on any atom is -0.373 e. The fourth-order valence-electron chi connectivity index (χ4n) is 3.11. The van der Waals surface area contributed by atoms with Crippen LogP contribution < -0.4 is 4.90 Å². The van der Waals surface area contributed by atoms with Gasteiger partial charge in [-0.3, -0.25) is 9.59 Å². The molecule has 1 fully saturated rings. The molecule has 12 heteroatoms. The largest absolute Gasteiger partial charge is 0.426 e. The molecular formula is C18H19ClF6N2O3. The van der Waals surface area contributed by atoms with Gasteiger partial charge in [0.15, 0.2) is 0 Å². The maximum absolute atomic E-state index is 12.8. The molecule has 1 atom stereocenters. The number of amides is 2. The average Bonchev–Trinajstić information content (AvgIpc) is 2.64. The molecule has 0 aromatic heterocycles. The van der Waals surface area contributed by atoms with Gasteiger partial charge in [-0.05, 0) is 38.0 Å². The third-order valence-corrected chi connectivity index (χ3v) is 5.37. The maximum Gasteiger partial charge on any atom is 0.426 e. The molecule has 1 saturated heterocycles. The van der Waals surface area contributed by atoms with E-state index in [4.69, 9.17) is 11.6 Å². The third kappa shape index (κ3) is 4.83. The zero-order valence-corrected chi connectivity index (χ0v) is 16.7. The van der Waals surface area contributed by atoms with Crippen LogP contribution in [-0.2, 0) is 15.8 Å². The van der Waals surface area contributed by atoms with Gasteiger partial charge in [0.25, 0.3) is 5.91 Å². The van der Waals surface area contributed by atoms with E-state index in [1.807, 2.05) is 0 Å². The summed E-state index contributed by atoms with van der Waals surface area (Å²) >= 11 is 5.89. The van der Waals surface area contributed by atoms with E-state index in [9.17, 15) is 41.0 Å². The molecule has 0 bridgehead atoms. The van der Waals surface area contributed by atoms with Gasteiger partial charge in [-0.15, -0.1) is 0 Å². The van der Waals surface area contributed by atoms with Gasteiger partial charge in [-0.2, -0.15) is 26.3 Å². The van der Waals surface area contributed by atoms with Crippen molar-refractivity contribution < 1.29 is 41.0 Å². The highest BCUT2D eigenvalue weighted by Gasteiger charge is 2.57. The topological polar surface area (TPSA) is 60.9 Å². The summed E-state index contributed by atoms with van der Waals surface area (Å²) in [5.74, 6) is -2.67. The number of halogens is 7. The van der Waals surface area contributed by atoms with Gasteiger partial charge < -0.3 is 14.9 Å². The van der Waals surface area contributed by atoms with Crippen LogP contribution in [0.15, 0.2) is 18.2 Å². The van der Waals surface area contributed by atoms with Gasteiger partial charge in [-0.25, -0.2) is 0 Å². The van der Waals surface area contributed by atoms with E-state index in [1.54, 1.807) is 0 Å². The van der Waals surface area contributed by atoms with Crippen molar-refractivity contribution in [1.29, 1.82) is 0 Å². The van der Waals surface area contributed by atoms with Gasteiger partial charge in [0.2, 0.25) is 11.5 Å². The average molecular weight is 461 g/mol. The zero-order valence-electron chi connectivity index (χ0n) is 15.9. The number of piperidine rings is 1. The minimum atomic E-state index is -5.14. The molecule has 0 aliphatic carbocycles. The van der Waals surface area contributed by atoms with Crippen LogP contribution in [0.3, 0.4) is 0 Å². The second-order valence-corrected chi connectivity index (χ2v) is 7.60. The van der Waals surface area contributed by atoms with E-state index in [2.05, 4.69) is 0 Å². The van der Waals surface area contributed by atoms with Crippen LogP contribution >= 0.6 is 11.6 Å². The van der Waals surface area contributed by atoms with Crippen molar-refractivity contribution in [3.8, 4) is 0 Å². The SMILES string of the molecule is CN(C(=O)C1CCN(C(=O)C(C)(O)C(F)(F)F)CC1)c1ccc(C(F)(F)F)cc1Cl. The van der Waals surface area contributed by atoms with Crippen molar-refractivity contribution in [2.75, 3.05) is 25.0 Å². The van der Waals surface area contributed by atoms with Crippen LogP contribution in [0.5, 0.6) is 0 Å². The lowest BCUT2D eigenvalue weighted by molar-refractivity contribution is -0.250. The van der Waals surface area contributed by atoms with E-state index in [-0.39, 0.29) is 36.6 Å². The van der Waals surface area contributed by atoms with Gasteiger partial charge in [-0.1, -0.05) is 11.6 Å². The predicted octanol–water partition coefficient (Wildman–Crippen LogP) is 3.87. The van der Waals surface area contributed by atoms with Gasteiger partial charge in [0.1, 0.15) is 0 Å². The summed E-state index contributed by atoms with van der Waals surface area (Å²) in [5, 5.41) is 9.22. The summed E-state index contributed by atoms with van der Waals surface area (Å²) in [5.41, 5.74) is -4.46. The van der Waals surface area contributed by atoms with E-state index in [1.165, 1.54) is 7.05 Å². The predicted molar refractivity (Wildman–Crippen MR) is 95.8 cm³/mol. The van der Waals surface area contributed by atoms with Gasteiger partial charge in [0.05, 0.1) is 16.3 Å². The molecule has 1 aromatic carbocycles. The molecule has 1 aromatic rings. The van der Waals surface area contributed by atoms with Crippen LogP contribution in [0.1, 0.15) is 25.3 Å². The second kappa shape index (κ2) is 8.26. The van der Waals surface area contributed by atoms with Crippen molar-refractivity contribution in [2.45, 2.75) is 37.7 Å². The fraction of sp³-hybridized carbons (Fsp3) is 0.556. The smallest absolute Gasteiger partial charge is 0.373 e. The lowest BCUT2D eigenvalue weighted by Gasteiger charge is -2.37. The lowest BCUT2D eigenvalue weighted by atomic mass is 9.93. The van der Waals surface area contributed by atoms with Crippen LogP contribution in [0.2, 0.25) is 5.02 Å². The summed E-state index contributed by atoms with van der Waals surface area (Å²) in [6.07, 6.45) is -9.68. The number of anilines is 1. The molecule has 0 radical (unpaired) electrons. The maximum atomic E-state index is 12.8. The minimum absolute atomic E-state index is 0.0289. The standard InChI is InChI=1S/C18H19ClF6N2O3/c1-16(30,18(23,24)25)15(29)27-7-5-10(6-8-27)14(28)26(2)13-4-3-11(9-12(13)19)17(20,21)22/h3-4,9-10,30H,5-8H2,1-2H3. The van der Waals surface area contributed by atoms with Crippen molar-refractivity contribution in [3.05, 3.63) is 28.8 Å². The van der Waals surface area contributed by atoms with Crippen molar-refractivity contribution in [2.24, 2.45) is 5.92 Å². The Balaban J connectivity index is 2.06. The summed E-state index contributed by atoms with van der Waals surface area (Å²) in [6.45, 7) is -0.000925. The first-order valence-corrected chi connectivity index (χ1v) is 9.18. The zero-order chi connectivity index (χ0) is 23.1. The molecule has 1 heterocycles. The summed E-state index contributed by atoms with van der Waals surface area (Å²) in [4.78, 5) is 26.6. The normalized spacial score (nSPS) is 18.1. The fourth-order valence-corrected chi connectivity index (χ4v) is 3.41. The van der Waals surface area contributed by atoms with Crippen LogP contribution in [0.4, 0.5) is 32.0 Å². The number of nitrogens with zero attached hydrogens (tertiary/aromatic N) is 2. The number of carbonyl (C=O) groups is 2. The molecular weight excluding hydrogens is 442 g/mol. The first-order valence-electron chi connectivity index (χ1n) is 8.80. The Labute approximate surface area is 173 Å². The second-order valence-electron chi connectivity index (χ2n) is 7.20. The molecule has 5 nitrogen and oxygen atoms in total. The number of likely N-dealkylation sites (tertiary alicyclic amines) is 1. The Hall–Kier alpha value is -2.01. The van der Waals surface area contributed by atoms with Crippen LogP contribution in [0, 0.1) is 5.92 Å². The summed E-state index contributed by atoms with van der Waals surface area (Å²) < 4.78 is 76.8. The quantitative estimate of drug-likeness (QED) is 0.697. The molecule has 30 heavy (non-hydrogen) atoms. The van der Waals surface area contributed by atoms with E-state index >= 15 is 0 Å². The highest BCUT2D eigenvalue weighted by Crippen LogP contribution is 2.36. The Bertz CT molecular complexity index is 817. The van der Waals surface area contributed by atoms with E-state index < -0.39 is 41.2 Å². The molecule has 2 amide bonds. The highest BCUT2D eigenvalue weighted by molar-refractivity contribution is 6.33. The summed E-state index contributed by atoms with van der Waals surface area (Å²) in [6, 6.07) is 2.54. The van der Waals surface area contributed by atoms with Crippen LogP contribution in [-0.4, -0.2) is 53.7 Å². The van der Waals surface area contributed by atoms with Crippen molar-refractivity contribution in [3.63, 3.8) is 0 Å². The number of hydrogen-bond donors (Lipinski definition) is 1. The van der Waals surface area contributed by atoms with E-state index in [0.29, 0.717) is 13.0 Å². The monoisotopic (exact) mass is 460 g/mol. The highest BCUT2D eigenvalue weighted by atomic mass is 35.5. The Morgan fingerprint density at radius 1 is 1.13 bits per heavy atom. The number of benzene rings is 1. The molecule has 1 aliphatic heterocycles. The van der Waals surface area contributed by atoms with E-state index in [0.717, 1.165) is 21.9 Å². The Morgan fingerprint density at radius 3 is 2.10 bits per heavy atom. The molecule has 168 valence electrons. The first kappa shape index (κ1) is 24.3. The number of aliphatic hydroxyl groups is 1. The Kier molecular flexibility index (Phi) is 6.68. The molecule has 1 unspecified atom stereocenters. The Morgan fingerprint density at radius 2 is 1.67 bits per heavy atom. The molecule has 1 N–H and O–H groups in total. The number of carbonyl (C=O) groups excluding carboxylic acids is 2. The van der Waals surface area contributed by atoms with Crippen molar-refractivity contribution in [1.82, 2.24) is 4.90 Å². The van der Waals surface area contributed by atoms with Gasteiger partial charge >= 0.3 is 12.4 Å². The number of alkyl halides is 6. The summed E-state index contributed by atoms with van der Waals surface area (Å²) in [7, 11) is 1.32. The molecule has 1 aliphatic rings. The number of rotatable bonds is 3. The number of hydrogen-bond acceptors (Lipinski definition) is 3. The molecule has 0 spiro atoms. The molecule has 0 saturated carbocycles. The van der Waals surface area contributed by atoms with Crippen LogP contribution in [0.25, 0.3) is 0 Å². The van der Waals surface area contributed by atoms with Crippen molar-refractivity contribution >= 4 is 29.1 Å².